The summed E-state index contributed by atoms with van der Waals surface area (Å²) >= 11 is 0. The van der Waals surface area contributed by atoms with Crippen LogP contribution >= 0.6 is 0 Å². The quantitative estimate of drug-likeness (QED) is 0.435. The molecule has 1 heterocycles. The number of hydrogen-bond acceptors (Lipinski definition) is 4. The summed E-state index contributed by atoms with van der Waals surface area (Å²) in [5.41, 5.74) is 9.61. The number of primary amides is 1. The molecule has 2 atom stereocenters. The van der Waals surface area contributed by atoms with Gasteiger partial charge >= 0.3 is 0 Å². The number of carbonyl (C=O) groups excluding carboxylic acids is 2. The number of nitrogens with one attached hydrogen (secondary N) is 1. The second-order valence-corrected chi connectivity index (χ2v) is 6.15. The molecule has 1 amide bonds. The van der Waals surface area contributed by atoms with Crippen LogP contribution < -0.4 is 16.6 Å². The van der Waals surface area contributed by atoms with Gasteiger partial charge in [0.15, 0.2) is 6.04 Å². The third kappa shape index (κ3) is 5.16. The van der Waals surface area contributed by atoms with E-state index in [4.69, 9.17) is 5.73 Å². The summed E-state index contributed by atoms with van der Waals surface area (Å²) in [6, 6.07) is -1.12. The smallest absolute Gasteiger partial charge is 0.275 e. The lowest BCUT2D eigenvalue weighted by atomic mass is 10.1. The van der Waals surface area contributed by atoms with Crippen molar-refractivity contribution in [3.63, 3.8) is 0 Å². The average Bonchev–Trinajstić information content (AvgIpc) is 2.74. The number of carbonyl (C=O) groups is 2. The topological polar surface area (TPSA) is 140 Å². The Hall–Kier alpha value is -1.93. The van der Waals surface area contributed by atoms with Gasteiger partial charge in [-0.3, -0.25) is 4.79 Å². The van der Waals surface area contributed by atoms with Crippen LogP contribution in [0.2, 0.25) is 0 Å². The van der Waals surface area contributed by atoms with Crippen molar-refractivity contribution in [3.05, 3.63) is 17.7 Å². The number of rotatable bonds is 8. The van der Waals surface area contributed by atoms with Crippen molar-refractivity contribution in [2.45, 2.75) is 31.3 Å². The van der Waals surface area contributed by atoms with Crippen molar-refractivity contribution in [1.29, 1.82) is 0 Å². The minimum Gasteiger partial charge on any atom is -0.544 e. The van der Waals surface area contributed by atoms with E-state index >= 15 is 0 Å². The molecule has 0 saturated heterocycles. The number of nitrogens with zero attached hydrogens (tertiary/aromatic N) is 2. The Kier molecular flexibility index (Phi) is 5.45. The number of aliphatic carboxylic acids is 1. The zero-order valence-electron chi connectivity index (χ0n) is 12.8. The van der Waals surface area contributed by atoms with Gasteiger partial charge in [0.1, 0.15) is 11.9 Å². The van der Waals surface area contributed by atoms with Crippen LogP contribution in [0.4, 0.5) is 0 Å². The fraction of sp³-hybridized carbons (Fsp3) is 0.615. The van der Waals surface area contributed by atoms with E-state index in [2.05, 4.69) is 15.7 Å². The molecule has 118 valence electrons. The highest BCUT2D eigenvalue weighted by Crippen LogP contribution is 2.11. The van der Waals surface area contributed by atoms with Gasteiger partial charge in [-0.15, -0.1) is 0 Å². The predicted octanol–water partition coefficient (Wildman–Crippen LogP) is -3.19. The zero-order valence-corrected chi connectivity index (χ0v) is 12.8. The third-order valence-corrected chi connectivity index (χ3v) is 3.40. The second-order valence-electron chi connectivity index (χ2n) is 6.15. The first-order chi connectivity index (χ1) is 9.61. The maximum Gasteiger partial charge on any atom is 0.275 e. The zero-order chi connectivity index (χ0) is 16.2. The summed E-state index contributed by atoms with van der Waals surface area (Å²) in [4.78, 5) is 29.4. The largest absolute Gasteiger partial charge is 0.544 e. The fourth-order valence-corrected chi connectivity index (χ4v) is 2.17. The number of aromatic amines is 1. The first kappa shape index (κ1) is 17.1. The lowest BCUT2D eigenvalue weighted by Gasteiger charge is -2.31. The summed E-state index contributed by atoms with van der Waals surface area (Å²) in [6.07, 6.45) is 2.96. The Bertz CT molecular complexity index is 506. The molecule has 1 aromatic heterocycles. The fourth-order valence-electron chi connectivity index (χ4n) is 2.17. The predicted molar refractivity (Wildman–Crippen MR) is 73.3 cm³/mol. The van der Waals surface area contributed by atoms with Gasteiger partial charge in [-0.25, -0.2) is 4.98 Å². The molecule has 0 aliphatic rings. The molecule has 6 N–H and O–H groups in total. The number of nitrogens with two attached hydrogens (primary N) is 1. The Balaban J connectivity index is 2.62. The van der Waals surface area contributed by atoms with E-state index < -0.39 is 12.0 Å². The van der Waals surface area contributed by atoms with E-state index in [0.717, 1.165) is 0 Å². The molecule has 8 heteroatoms. The number of aromatic nitrogens is 2. The molecule has 0 aliphatic heterocycles. The number of amides is 1. The van der Waals surface area contributed by atoms with Crippen molar-refractivity contribution >= 4 is 11.9 Å². The molecule has 1 aromatic rings. The SMILES string of the molecule is C[N+](C)(C)C(CCc1ncc(C[C@H]([NH3+])C(=O)[O-])[nH]1)C(N)=O. The molecule has 0 bridgehead atoms. The molecule has 1 unspecified atom stereocenters. The van der Waals surface area contributed by atoms with E-state index in [9.17, 15) is 14.7 Å². The number of carboxylic acid groups (broad SMARTS) is 1. The first-order valence-corrected chi connectivity index (χ1v) is 6.78. The average molecular weight is 298 g/mol. The van der Waals surface area contributed by atoms with Crippen LogP contribution in [0.25, 0.3) is 0 Å². The number of quaternary nitrogens is 2. The van der Waals surface area contributed by atoms with E-state index in [-0.39, 0.29) is 18.4 Å². The summed E-state index contributed by atoms with van der Waals surface area (Å²) in [5.74, 6) is -0.829. The Labute approximate surface area is 123 Å². The maximum atomic E-state index is 11.5. The van der Waals surface area contributed by atoms with Crippen molar-refractivity contribution < 1.29 is 24.9 Å². The van der Waals surface area contributed by atoms with Crippen LogP contribution in [0, 0.1) is 0 Å². The lowest BCUT2D eigenvalue weighted by Crippen LogP contribution is -2.69. The van der Waals surface area contributed by atoms with Crippen molar-refractivity contribution in [3.8, 4) is 0 Å². The molecular formula is C13H24N5O3+. The van der Waals surface area contributed by atoms with E-state index in [1.54, 1.807) is 6.20 Å². The number of carboxylic acids is 1. The molecule has 0 spiro atoms. The molecule has 21 heavy (non-hydrogen) atoms. The van der Waals surface area contributed by atoms with E-state index in [1.807, 2.05) is 21.1 Å². The van der Waals surface area contributed by atoms with E-state index in [1.165, 1.54) is 0 Å². The van der Waals surface area contributed by atoms with Gasteiger partial charge in [-0.05, 0) is 0 Å². The highest BCUT2D eigenvalue weighted by molar-refractivity contribution is 5.78. The lowest BCUT2D eigenvalue weighted by molar-refractivity contribution is -0.886. The van der Waals surface area contributed by atoms with Crippen molar-refractivity contribution in [2.75, 3.05) is 21.1 Å². The van der Waals surface area contributed by atoms with Crippen LogP contribution in [0.15, 0.2) is 6.20 Å². The van der Waals surface area contributed by atoms with Crippen LogP contribution in [0.3, 0.4) is 0 Å². The van der Waals surface area contributed by atoms with Crippen molar-refractivity contribution in [1.82, 2.24) is 9.97 Å². The van der Waals surface area contributed by atoms with Gasteiger partial charge in [0, 0.05) is 31.2 Å². The molecule has 1 rings (SSSR count). The van der Waals surface area contributed by atoms with Gasteiger partial charge in [0.05, 0.1) is 27.1 Å². The summed E-state index contributed by atoms with van der Waals surface area (Å²) < 4.78 is 0.453. The molecule has 0 radical (unpaired) electrons. The minimum atomic E-state index is -1.19. The van der Waals surface area contributed by atoms with E-state index in [0.29, 0.717) is 28.8 Å². The van der Waals surface area contributed by atoms with Crippen LogP contribution in [0.1, 0.15) is 17.9 Å². The summed E-state index contributed by atoms with van der Waals surface area (Å²) in [7, 11) is 5.74. The summed E-state index contributed by atoms with van der Waals surface area (Å²) in [6.45, 7) is 0. The van der Waals surface area contributed by atoms with Gasteiger partial charge < -0.3 is 30.8 Å². The molecule has 0 saturated carbocycles. The molecule has 0 aromatic carbocycles. The number of H-pyrrole nitrogens is 1. The Morgan fingerprint density at radius 3 is 2.57 bits per heavy atom. The second kappa shape index (κ2) is 6.68. The first-order valence-electron chi connectivity index (χ1n) is 6.78. The molecular weight excluding hydrogens is 274 g/mol. The number of hydrogen-bond donors (Lipinski definition) is 3. The Morgan fingerprint density at radius 2 is 2.10 bits per heavy atom. The summed E-state index contributed by atoms with van der Waals surface area (Å²) in [5, 5.41) is 10.6. The third-order valence-electron chi connectivity index (χ3n) is 3.40. The van der Waals surface area contributed by atoms with Crippen LogP contribution in [-0.4, -0.2) is 59.6 Å². The molecule has 0 aliphatic carbocycles. The standard InChI is InChI=1S/C13H23N5O3/c1-18(2,3)10(12(15)19)4-5-11-16-7-8(17-11)6-9(14)13(20)21/h7,9-10H,4-6,14H2,1-3H3,(H3-,15,16,17,19,20,21)/p+1/t9-,10?/m0/s1. The van der Waals surface area contributed by atoms with Crippen LogP contribution in [0.5, 0.6) is 0 Å². The normalized spacial score (nSPS) is 14.7. The number of aryl methyl sites for hydroxylation is 1. The Morgan fingerprint density at radius 1 is 1.48 bits per heavy atom. The monoisotopic (exact) mass is 298 g/mol. The minimum absolute atomic E-state index is 0.240. The number of likely N-dealkylation sites (N-methyl/N-ethyl adjacent to an activating group) is 1. The molecule has 8 nitrogen and oxygen atoms in total. The maximum absolute atomic E-state index is 11.5. The highest BCUT2D eigenvalue weighted by atomic mass is 16.4. The van der Waals surface area contributed by atoms with Gasteiger partial charge in [0.25, 0.3) is 5.91 Å². The highest BCUT2D eigenvalue weighted by Gasteiger charge is 2.29. The van der Waals surface area contributed by atoms with Gasteiger partial charge in [-0.1, -0.05) is 0 Å². The van der Waals surface area contributed by atoms with Crippen molar-refractivity contribution in [2.24, 2.45) is 5.73 Å². The van der Waals surface area contributed by atoms with Crippen LogP contribution in [-0.2, 0) is 22.4 Å². The van der Waals surface area contributed by atoms with Gasteiger partial charge in [-0.2, -0.15) is 0 Å². The number of imidazole rings is 1. The molecule has 0 fully saturated rings. The van der Waals surface area contributed by atoms with Gasteiger partial charge in [0.2, 0.25) is 0 Å².